The standard InChI is InChI=1S/C16H19N7O/c1-9(2)14-20-21-15-10(3)22(6-7-23(14)15)16(24)12-5-4-11-13(19-12)18-8-17-11/h4-5,8-10H,6-7H2,1-3H3,(H,17,18,19). The molecular weight excluding hydrogens is 306 g/mol. The molecule has 3 aromatic rings. The molecule has 0 spiro atoms. The monoisotopic (exact) mass is 325 g/mol. The van der Waals surface area contributed by atoms with Gasteiger partial charge in [0.05, 0.1) is 17.9 Å². The largest absolute Gasteiger partial charge is 0.343 e. The van der Waals surface area contributed by atoms with E-state index in [9.17, 15) is 4.79 Å². The van der Waals surface area contributed by atoms with Crippen molar-refractivity contribution >= 4 is 17.1 Å². The van der Waals surface area contributed by atoms with E-state index < -0.39 is 0 Å². The molecule has 8 nitrogen and oxygen atoms in total. The molecule has 1 aliphatic heterocycles. The number of carbonyl (C=O) groups excluding carboxylic acids is 1. The summed E-state index contributed by atoms with van der Waals surface area (Å²) in [6.45, 7) is 7.50. The molecular formula is C16H19N7O. The van der Waals surface area contributed by atoms with Crippen LogP contribution in [0.5, 0.6) is 0 Å². The summed E-state index contributed by atoms with van der Waals surface area (Å²) in [5.74, 6) is 2.01. The third-order valence-electron chi connectivity index (χ3n) is 4.49. The zero-order valence-electron chi connectivity index (χ0n) is 13.9. The second-order valence-corrected chi connectivity index (χ2v) is 6.37. The van der Waals surface area contributed by atoms with E-state index in [0.717, 1.165) is 17.2 Å². The summed E-state index contributed by atoms with van der Waals surface area (Å²) in [6, 6.07) is 3.42. The quantitative estimate of drug-likeness (QED) is 0.776. The number of imidazole rings is 1. The Morgan fingerprint density at radius 3 is 2.92 bits per heavy atom. The highest BCUT2D eigenvalue weighted by Crippen LogP contribution is 2.27. The maximum atomic E-state index is 12.9. The SMILES string of the molecule is CC(C)c1nnc2n1CCN(C(=O)c1ccc3[nH]cnc3n1)C2C. The molecule has 0 saturated heterocycles. The lowest BCUT2D eigenvalue weighted by atomic mass is 10.1. The van der Waals surface area contributed by atoms with E-state index in [2.05, 4.69) is 43.6 Å². The van der Waals surface area contributed by atoms with Gasteiger partial charge in [0.1, 0.15) is 11.5 Å². The van der Waals surface area contributed by atoms with Crippen LogP contribution in [0.3, 0.4) is 0 Å². The summed E-state index contributed by atoms with van der Waals surface area (Å²) in [5.41, 5.74) is 1.77. The number of aromatic amines is 1. The van der Waals surface area contributed by atoms with Crippen molar-refractivity contribution in [3.63, 3.8) is 0 Å². The Labute approximate surface area is 138 Å². The van der Waals surface area contributed by atoms with Crippen molar-refractivity contribution in [2.75, 3.05) is 6.54 Å². The highest BCUT2D eigenvalue weighted by Gasteiger charge is 2.32. The summed E-state index contributed by atoms with van der Waals surface area (Å²) >= 11 is 0. The Morgan fingerprint density at radius 2 is 2.12 bits per heavy atom. The summed E-state index contributed by atoms with van der Waals surface area (Å²) in [5, 5.41) is 8.60. The first-order chi connectivity index (χ1) is 11.6. The number of H-pyrrole nitrogens is 1. The van der Waals surface area contributed by atoms with Crippen LogP contribution in [0.25, 0.3) is 11.2 Å². The van der Waals surface area contributed by atoms with E-state index in [1.165, 1.54) is 0 Å². The molecule has 0 aliphatic carbocycles. The van der Waals surface area contributed by atoms with Crippen molar-refractivity contribution in [1.82, 2.24) is 34.6 Å². The summed E-state index contributed by atoms with van der Waals surface area (Å²) in [6.07, 6.45) is 1.57. The molecule has 1 aliphatic rings. The molecule has 0 saturated carbocycles. The van der Waals surface area contributed by atoms with Crippen LogP contribution in [0, 0.1) is 0 Å². The molecule has 3 aromatic heterocycles. The Morgan fingerprint density at radius 1 is 1.29 bits per heavy atom. The van der Waals surface area contributed by atoms with E-state index in [1.54, 1.807) is 17.3 Å². The molecule has 8 heteroatoms. The van der Waals surface area contributed by atoms with Crippen LogP contribution in [0.1, 0.15) is 54.9 Å². The third kappa shape index (κ3) is 2.17. The predicted molar refractivity (Wildman–Crippen MR) is 87.5 cm³/mol. The first-order valence-corrected chi connectivity index (χ1v) is 8.10. The molecule has 1 amide bonds. The molecule has 4 heterocycles. The minimum absolute atomic E-state index is 0.104. The first kappa shape index (κ1) is 14.8. The van der Waals surface area contributed by atoms with Gasteiger partial charge in [-0.1, -0.05) is 13.8 Å². The number of hydrogen-bond acceptors (Lipinski definition) is 5. The number of carbonyl (C=O) groups is 1. The van der Waals surface area contributed by atoms with Gasteiger partial charge < -0.3 is 14.5 Å². The maximum Gasteiger partial charge on any atom is 0.273 e. The Bertz CT molecular complexity index is 910. The van der Waals surface area contributed by atoms with Crippen LogP contribution in [-0.4, -0.2) is 47.1 Å². The summed E-state index contributed by atoms with van der Waals surface area (Å²) < 4.78 is 2.13. The van der Waals surface area contributed by atoms with E-state index in [-0.39, 0.29) is 11.9 Å². The van der Waals surface area contributed by atoms with Gasteiger partial charge in [0.15, 0.2) is 11.5 Å². The van der Waals surface area contributed by atoms with Crippen molar-refractivity contribution in [3.05, 3.63) is 35.8 Å². The van der Waals surface area contributed by atoms with E-state index in [4.69, 9.17) is 0 Å². The topological polar surface area (TPSA) is 92.6 Å². The Kier molecular flexibility index (Phi) is 3.33. The lowest BCUT2D eigenvalue weighted by Crippen LogP contribution is -2.41. The number of amides is 1. The van der Waals surface area contributed by atoms with Crippen molar-refractivity contribution in [1.29, 1.82) is 0 Å². The number of nitrogens with one attached hydrogen (secondary N) is 1. The fraction of sp³-hybridized carbons (Fsp3) is 0.438. The number of aromatic nitrogens is 6. The normalized spacial score (nSPS) is 17.5. The number of rotatable bonds is 2. The maximum absolute atomic E-state index is 12.9. The van der Waals surface area contributed by atoms with Crippen LogP contribution >= 0.6 is 0 Å². The van der Waals surface area contributed by atoms with Crippen LogP contribution in [0.2, 0.25) is 0 Å². The second kappa shape index (κ2) is 5.40. The summed E-state index contributed by atoms with van der Waals surface area (Å²) in [7, 11) is 0. The number of pyridine rings is 1. The zero-order chi connectivity index (χ0) is 16.8. The van der Waals surface area contributed by atoms with E-state index in [1.807, 2.05) is 13.0 Å². The van der Waals surface area contributed by atoms with Gasteiger partial charge in [-0.2, -0.15) is 0 Å². The highest BCUT2D eigenvalue weighted by molar-refractivity contribution is 5.94. The van der Waals surface area contributed by atoms with Gasteiger partial charge in [-0.15, -0.1) is 10.2 Å². The van der Waals surface area contributed by atoms with Gasteiger partial charge in [0.2, 0.25) is 0 Å². The van der Waals surface area contributed by atoms with Crippen LogP contribution < -0.4 is 0 Å². The average molecular weight is 325 g/mol. The molecule has 0 radical (unpaired) electrons. The Balaban J connectivity index is 1.65. The molecule has 1 atom stereocenters. The van der Waals surface area contributed by atoms with Crippen LogP contribution in [0.15, 0.2) is 18.5 Å². The Hall–Kier alpha value is -2.77. The van der Waals surface area contributed by atoms with Crippen LogP contribution in [-0.2, 0) is 6.54 Å². The van der Waals surface area contributed by atoms with Crippen molar-refractivity contribution in [2.45, 2.75) is 39.3 Å². The van der Waals surface area contributed by atoms with Gasteiger partial charge in [-0.3, -0.25) is 4.79 Å². The second-order valence-electron chi connectivity index (χ2n) is 6.37. The van der Waals surface area contributed by atoms with E-state index >= 15 is 0 Å². The average Bonchev–Trinajstić information content (AvgIpc) is 3.20. The van der Waals surface area contributed by atoms with Gasteiger partial charge in [-0.05, 0) is 19.1 Å². The molecule has 0 aromatic carbocycles. The minimum Gasteiger partial charge on any atom is -0.343 e. The third-order valence-corrected chi connectivity index (χ3v) is 4.49. The number of fused-ring (bicyclic) bond motifs is 2. The molecule has 124 valence electrons. The molecule has 4 rings (SSSR count). The van der Waals surface area contributed by atoms with Gasteiger partial charge in [0.25, 0.3) is 5.91 Å². The van der Waals surface area contributed by atoms with E-state index in [0.29, 0.717) is 30.3 Å². The number of hydrogen-bond donors (Lipinski definition) is 1. The number of nitrogens with zero attached hydrogens (tertiary/aromatic N) is 6. The molecule has 1 N–H and O–H groups in total. The molecule has 24 heavy (non-hydrogen) atoms. The molecule has 0 bridgehead atoms. The van der Waals surface area contributed by atoms with Crippen molar-refractivity contribution < 1.29 is 4.79 Å². The molecule has 0 fully saturated rings. The lowest BCUT2D eigenvalue weighted by molar-refractivity contribution is 0.0630. The smallest absolute Gasteiger partial charge is 0.273 e. The predicted octanol–water partition coefficient (Wildman–Crippen LogP) is 1.89. The van der Waals surface area contributed by atoms with Gasteiger partial charge in [0, 0.05) is 19.0 Å². The van der Waals surface area contributed by atoms with Gasteiger partial charge in [-0.25, -0.2) is 9.97 Å². The van der Waals surface area contributed by atoms with Crippen LogP contribution in [0.4, 0.5) is 0 Å². The highest BCUT2D eigenvalue weighted by atomic mass is 16.2. The molecule has 1 unspecified atom stereocenters. The lowest BCUT2D eigenvalue weighted by Gasteiger charge is -2.33. The minimum atomic E-state index is -0.136. The zero-order valence-corrected chi connectivity index (χ0v) is 13.9. The fourth-order valence-corrected chi connectivity index (χ4v) is 3.20. The van der Waals surface area contributed by atoms with Crippen molar-refractivity contribution in [3.8, 4) is 0 Å². The summed E-state index contributed by atoms with van der Waals surface area (Å²) in [4.78, 5) is 26.2. The first-order valence-electron chi connectivity index (χ1n) is 8.10. The van der Waals surface area contributed by atoms with Gasteiger partial charge >= 0.3 is 0 Å². The van der Waals surface area contributed by atoms with Crippen molar-refractivity contribution in [2.24, 2.45) is 0 Å². The fourth-order valence-electron chi connectivity index (χ4n) is 3.20.